The van der Waals surface area contributed by atoms with Crippen LogP contribution in [0.3, 0.4) is 0 Å². The normalized spacial score (nSPS) is 20.8. The maximum absolute atomic E-state index is 12.6. The summed E-state index contributed by atoms with van der Waals surface area (Å²) in [6, 6.07) is 12.8. The summed E-state index contributed by atoms with van der Waals surface area (Å²) in [6.07, 6.45) is 4.23. The smallest absolute Gasteiger partial charge is 0.255 e. The molecule has 0 amide bonds. The quantitative estimate of drug-likeness (QED) is 0.699. The van der Waals surface area contributed by atoms with Crippen LogP contribution in [0.2, 0.25) is 0 Å². The highest BCUT2D eigenvalue weighted by molar-refractivity contribution is 5.58. The SMILES string of the molecule is Cc1ccc(N2CC3CC2CN3c2nc(-c3ccncn3)cc(=O)n2C)cc1. The Labute approximate surface area is 163 Å². The van der Waals surface area contributed by atoms with Gasteiger partial charge in [-0.15, -0.1) is 0 Å². The first kappa shape index (κ1) is 16.9. The second-order valence-corrected chi connectivity index (χ2v) is 7.62. The van der Waals surface area contributed by atoms with Crippen molar-refractivity contribution in [3.05, 3.63) is 64.8 Å². The van der Waals surface area contributed by atoms with Gasteiger partial charge in [0.2, 0.25) is 5.95 Å². The lowest BCUT2D eigenvalue weighted by atomic mass is 10.2. The molecule has 28 heavy (non-hydrogen) atoms. The lowest BCUT2D eigenvalue weighted by molar-refractivity contribution is 0.614. The van der Waals surface area contributed by atoms with Crippen molar-refractivity contribution in [1.29, 1.82) is 0 Å². The fraction of sp³-hybridized carbons (Fsp3) is 0.333. The van der Waals surface area contributed by atoms with Crippen LogP contribution in [-0.4, -0.2) is 44.7 Å². The zero-order valence-electron chi connectivity index (χ0n) is 16.0. The molecule has 4 heterocycles. The van der Waals surface area contributed by atoms with Crippen LogP contribution in [0.25, 0.3) is 11.4 Å². The minimum Gasteiger partial charge on any atom is -0.365 e. The lowest BCUT2D eigenvalue weighted by Gasteiger charge is -2.36. The van der Waals surface area contributed by atoms with Crippen molar-refractivity contribution in [2.45, 2.75) is 25.4 Å². The second kappa shape index (κ2) is 6.44. The largest absolute Gasteiger partial charge is 0.365 e. The molecule has 0 radical (unpaired) electrons. The average Bonchev–Trinajstić information content (AvgIpc) is 3.32. The molecule has 2 aromatic heterocycles. The molecule has 7 heteroatoms. The number of anilines is 2. The second-order valence-electron chi connectivity index (χ2n) is 7.62. The number of aromatic nitrogens is 4. The van der Waals surface area contributed by atoms with E-state index >= 15 is 0 Å². The molecule has 0 aliphatic carbocycles. The molecule has 2 fully saturated rings. The summed E-state index contributed by atoms with van der Waals surface area (Å²) in [4.78, 5) is 30.3. The van der Waals surface area contributed by atoms with Gasteiger partial charge in [-0.05, 0) is 31.5 Å². The third-order valence-electron chi connectivity index (χ3n) is 5.82. The first-order valence-corrected chi connectivity index (χ1v) is 9.54. The third kappa shape index (κ3) is 2.74. The minimum atomic E-state index is -0.0724. The van der Waals surface area contributed by atoms with Crippen molar-refractivity contribution in [2.24, 2.45) is 7.05 Å². The predicted octanol–water partition coefficient (Wildman–Crippen LogP) is 2.01. The standard InChI is InChI=1S/C21H22N6O/c1-14-3-5-15(6-4-14)26-11-17-9-16(26)12-27(17)21-24-19(10-20(28)25(21)2)18-7-8-22-13-23-18/h3-8,10,13,16-17H,9,11-12H2,1-2H3. The minimum absolute atomic E-state index is 0.0724. The van der Waals surface area contributed by atoms with Crippen LogP contribution in [0.1, 0.15) is 12.0 Å². The summed E-state index contributed by atoms with van der Waals surface area (Å²) in [5.74, 6) is 0.720. The van der Waals surface area contributed by atoms with Gasteiger partial charge in [-0.25, -0.2) is 15.0 Å². The molecule has 7 nitrogen and oxygen atoms in total. The average molecular weight is 374 g/mol. The Morgan fingerprint density at radius 2 is 1.75 bits per heavy atom. The molecule has 2 aliphatic rings. The van der Waals surface area contributed by atoms with E-state index in [1.807, 2.05) is 0 Å². The maximum atomic E-state index is 12.6. The Kier molecular flexibility index (Phi) is 3.89. The number of fused-ring (bicyclic) bond motifs is 2. The molecule has 2 bridgehead atoms. The van der Waals surface area contributed by atoms with Gasteiger partial charge in [0.05, 0.1) is 17.4 Å². The highest BCUT2D eigenvalue weighted by Gasteiger charge is 2.44. The van der Waals surface area contributed by atoms with E-state index in [-0.39, 0.29) is 5.56 Å². The molecule has 3 aromatic rings. The Morgan fingerprint density at radius 1 is 1.00 bits per heavy atom. The zero-order valence-corrected chi connectivity index (χ0v) is 16.0. The summed E-state index contributed by atoms with van der Waals surface area (Å²) in [7, 11) is 1.79. The summed E-state index contributed by atoms with van der Waals surface area (Å²) in [6.45, 7) is 3.92. The molecule has 0 N–H and O–H groups in total. The van der Waals surface area contributed by atoms with Gasteiger partial charge in [0.15, 0.2) is 0 Å². The Hall–Kier alpha value is -3.22. The number of hydrogen-bond acceptors (Lipinski definition) is 6. The van der Waals surface area contributed by atoms with E-state index < -0.39 is 0 Å². The van der Waals surface area contributed by atoms with Crippen molar-refractivity contribution in [2.75, 3.05) is 22.9 Å². The highest BCUT2D eigenvalue weighted by atomic mass is 16.1. The lowest BCUT2D eigenvalue weighted by Crippen LogP contribution is -2.48. The van der Waals surface area contributed by atoms with Crippen molar-refractivity contribution in [3.8, 4) is 11.4 Å². The molecule has 2 atom stereocenters. The van der Waals surface area contributed by atoms with Crippen molar-refractivity contribution in [3.63, 3.8) is 0 Å². The molecule has 2 unspecified atom stereocenters. The van der Waals surface area contributed by atoms with E-state index in [2.05, 4.69) is 51.0 Å². The topological polar surface area (TPSA) is 67.2 Å². The third-order valence-corrected chi connectivity index (χ3v) is 5.82. The van der Waals surface area contributed by atoms with Gasteiger partial charge in [0, 0.05) is 44.1 Å². The molecule has 5 rings (SSSR count). The van der Waals surface area contributed by atoms with Crippen LogP contribution in [0.15, 0.2) is 53.7 Å². The van der Waals surface area contributed by atoms with E-state index in [4.69, 9.17) is 4.98 Å². The summed E-state index contributed by atoms with van der Waals surface area (Å²) in [5.41, 5.74) is 3.74. The molecular formula is C21H22N6O. The Bertz CT molecular complexity index is 1060. The van der Waals surface area contributed by atoms with Crippen LogP contribution in [0.4, 0.5) is 11.6 Å². The van der Waals surface area contributed by atoms with E-state index in [1.54, 1.807) is 29.9 Å². The first-order valence-electron chi connectivity index (χ1n) is 9.54. The first-order chi connectivity index (χ1) is 13.6. The zero-order chi connectivity index (χ0) is 19.3. The van der Waals surface area contributed by atoms with Crippen LogP contribution in [0.5, 0.6) is 0 Å². The maximum Gasteiger partial charge on any atom is 0.255 e. The van der Waals surface area contributed by atoms with Crippen LogP contribution in [-0.2, 0) is 7.05 Å². The molecule has 0 saturated carbocycles. The molecule has 0 spiro atoms. The number of piperazine rings is 1. The van der Waals surface area contributed by atoms with Crippen molar-refractivity contribution < 1.29 is 0 Å². The fourth-order valence-corrected chi connectivity index (χ4v) is 4.32. The number of benzene rings is 1. The van der Waals surface area contributed by atoms with Crippen LogP contribution >= 0.6 is 0 Å². The van der Waals surface area contributed by atoms with Crippen LogP contribution in [0, 0.1) is 6.92 Å². The van der Waals surface area contributed by atoms with Gasteiger partial charge in [-0.2, -0.15) is 0 Å². The molecule has 2 saturated heterocycles. The number of hydrogen-bond donors (Lipinski definition) is 0. The van der Waals surface area contributed by atoms with Gasteiger partial charge in [-0.3, -0.25) is 9.36 Å². The number of nitrogens with zero attached hydrogens (tertiary/aromatic N) is 6. The highest BCUT2D eigenvalue weighted by Crippen LogP contribution is 2.36. The molecule has 142 valence electrons. The monoisotopic (exact) mass is 374 g/mol. The number of aryl methyl sites for hydroxylation is 1. The van der Waals surface area contributed by atoms with Gasteiger partial charge >= 0.3 is 0 Å². The fourth-order valence-electron chi connectivity index (χ4n) is 4.32. The van der Waals surface area contributed by atoms with Gasteiger partial charge < -0.3 is 9.80 Å². The van der Waals surface area contributed by atoms with E-state index in [0.717, 1.165) is 25.5 Å². The van der Waals surface area contributed by atoms with E-state index in [9.17, 15) is 4.79 Å². The Balaban J connectivity index is 1.45. The van der Waals surface area contributed by atoms with Gasteiger partial charge in [-0.1, -0.05) is 17.7 Å². The van der Waals surface area contributed by atoms with Crippen LogP contribution < -0.4 is 15.4 Å². The van der Waals surface area contributed by atoms with Crippen molar-refractivity contribution in [1.82, 2.24) is 19.5 Å². The van der Waals surface area contributed by atoms with Gasteiger partial charge in [0.1, 0.15) is 6.33 Å². The summed E-state index contributed by atoms with van der Waals surface area (Å²) < 4.78 is 1.64. The van der Waals surface area contributed by atoms with E-state index in [1.165, 1.54) is 17.6 Å². The number of rotatable bonds is 3. The molecular weight excluding hydrogens is 352 g/mol. The van der Waals surface area contributed by atoms with Gasteiger partial charge in [0.25, 0.3) is 5.56 Å². The Morgan fingerprint density at radius 3 is 2.43 bits per heavy atom. The summed E-state index contributed by atoms with van der Waals surface area (Å²) in [5, 5.41) is 0. The molecule has 2 aliphatic heterocycles. The predicted molar refractivity (Wildman–Crippen MR) is 109 cm³/mol. The van der Waals surface area contributed by atoms with E-state index in [0.29, 0.717) is 23.5 Å². The van der Waals surface area contributed by atoms with Crippen molar-refractivity contribution >= 4 is 11.6 Å². The molecule has 1 aromatic carbocycles. The summed E-state index contributed by atoms with van der Waals surface area (Å²) >= 11 is 0.